The van der Waals surface area contributed by atoms with E-state index in [1.165, 1.54) is 19.2 Å². The van der Waals surface area contributed by atoms with Gasteiger partial charge in [0.2, 0.25) is 10.0 Å². The van der Waals surface area contributed by atoms with Crippen molar-refractivity contribution in [2.45, 2.75) is 11.3 Å². The maximum absolute atomic E-state index is 11.6. The van der Waals surface area contributed by atoms with Gasteiger partial charge in [0, 0.05) is 12.7 Å². The van der Waals surface area contributed by atoms with Crippen molar-refractivity contribution in [3.05, 3.63) is 53.7 Å². The van der Waals surface area contributed by atoms with Crippen LogP contribution in [-0.2, 0) is 21.2 Å². The van der Waals surface area contributed by atoms with E-state index in [0.29, 0.717) is 24.3 Å². The first-order chi connectivity index (χ1) is 10.9. The first-order valence-electron chi connectivity index (χ1n) is 6.81. The number of carbonyl (C=O) groups is 1. The Labute approximate surface area is 134 Å². The Morgan fingerprint density at radius 1 is 1.26 bits per heavy atom. The van der Waals surface area contributed by atoms with Crippen LogP contribution in [0.5, 0.6) is 0 Å². The first kappa shape index (κ1) is 16.9. The number of sulfonamides is 1. The van der Waals surface area contributed by atoms with Gasteiger partial charge in [0.05, 0.1) is 12.0 Å². The summed E-state index contributed by atoms with van der Waals surface area (Å²) in [4.78, 5) is 15.8. The fourth-order valence-corrected chi connectivity index (χ4v) is 2.51. The average molecular weight is 335 g/mol. The molecule has 0 saturated heterocycles. The highest BCUT2D eigenvalue weighted by Gasteiger charge is 2.12. The lowest BCUT2D eigenvalue weighted by molar-refractivity contribution is 0.0601. The number of pyridine rings is 1. The highest BCUT2D eigenvalue weighted by atomic mass is 32.2. The number of rotatable bonds is 6. The summed E-state index contributed by atoms with van der Waals surface area (Å²) in [5, 5.41) is 8.12. The van der Waals surface area contributed by atoms with Crippen LogP contribution in [0, 0.1) is 0 Å². The molecular weight excluding hydrogens is 318 g/mol. The molecular formula is C15H17N3O4S. The maximum Gasteiger partial charge on any atom is 0.341 e. The Kier molecular flexibility index (Phi) is 5.30. The normalized spacial score (nSPS) is 11.0. The van der Waals surface area contributed by atoms with Gasteiger partial charge in [0.25, 0.3) is 0 Å². The summed E-state index contributed by atoms with van der Waals surface area (Å²) < 4.78 is 27.1. The Morgan fingerprint density at radius 2 is 1.96 bits per heavy atom. The van der Waals surface area contributed by atoms with E-state index in [0.717, 1.165) is 5.56 Å². The van der Waals surface area contributed by atoms with Crippen LogP contribution in [0.2, 0.25) is 0 Å². The van der Waals surface area contributed by atoms with Crippen molar-refractivity contribution >= 4 is 21.8 Å². The van der Waals surface area contributed by atoms with Gasteiger partial charge in [-0.05, 0) is 36.2 Å². The summed E-state index contributed by atoms with van der Waals surface area (Å²) in [7, 11) is -2.37. The molecule has 0 fully saturated rings. The van der Waals surface area contributed by atoms with Crippen molar-refractivity contribution in [2.24, 2.45) is 5.14 Å². The lowest BCUT2D eigenvalue weighted by atomic mass is 10.1. The van der Waals surface area contributed by atoms with Gasteiger partial charge < -0.3 is 10.1 Å². The largest absolute Gasteiger partial charge is 0.465 e. The van der Waals surface area contributed by atoms with Crippen LogP contribution in [0.25, 0.3) is 0 Å². The van der Waals surface area contributed by atoms with Crippen LogP contribution in [0.1, 0.15) is 15.9 Å². The number of carbonyl (C=O) groups excluding carboxylic acids is 1. The molecule has 0 bridgehead atoms. The summed E-state index contributed by atoms with van der Waals surface area (Å²) in [6.07, 6.45) is 2.21. The minimum absolute atomic E-state index is 0.0758. The van der Waals surface area contributed by atoms with Crippen LogP contribution in [-0.4, -0.2) is 33.0 Å². The van der Waals surface area contributed by atoms with Gasteiger partial charge in [-0.3, -0.25) is 0 Å². The number of benzene rings is 1. The Morgan fingerprint density at radius 3 is 2.57 bits per heavy atom. The molecule has 122 valence electrons. The molecule has 0 atom stereocenters. The minimum atomic E-state index is -3.68. The predicted molar refractivity (Wildman–Crippen MR) is 85.6 cm³/mol. The molecule has 0 aliphatic rings. The third-order valence-corrected chi connectivity index (χ3v) is 4.10. The molecule has 0 aliphatic heterocycles. The van der Waals surface area contributed by atoms with Gasteiger partial charge in [-0.15, -0.1) is 0 Å². The van der Waals surface area contributed by atoms with Crippen LogP contribution in [0.4, 0.5) is 5.82 Å². The molecule has 0 spiro atoms. The molecule has 1 aromatic heterocycles. The Balaban J connectivity index is 1.99. The highest BCUT2D eigenvalue weighted by molar-refractivity contribution is 7.89. The van der Waals surface area contributed by atoms with Crippen molar-refractivity contribution in [2.75, 3.05) is 19.0 Å². The number of ether oxygens (including phenoxy) is 1. The topological polar surface area (TPSA) is 111 Å². The van der Waals surface area contributed by atoms with Gasteiger partial charge >= 0.3 is 5.97 Å². The Hall–Kier alpha value is -2.45. The van der Waals surface area contributed by atoms with Gasteiger partial charge in [-0.25, -0.2) is 23.3 Å². The Bertz CT molecular complexity index is 789. The number of esters is 1. The van der Waals surface area contributed by atoms with Crippen molar-refractivity contribution in [3.63, 3.8) is 0 Å². The lowest BCUT2D eigenvalue weighted by Crippen LogP contribution is -2.13. The molecule has 8 heteroatoms. The van der Waals surface area contributed by atoms with E-state index in [1.807, 2.05) is 0 Å². The molecule has 1 aromatic carbocycles. The van der Waals surface area contributed by atoms with Gasteiger partial charge in [0.15, 0.2) is 0 Å². The van der Waals surface area contributed by atoms with E-state index in [-0.39, 0.29) is 4.90 Å². The second-order valence-corrected chi connectivity index (χ2v) is 6.32. The quantitative estimate of drug-likeness (QED) is 0.767. The predicted octanol–water partition coefficient (Wildman–Crippen LogP) is 1.17. The fraction of sp³-hybridized carbons (Fsp3) is 0.200. The SMILES string of the molecule is COC(=O)c1cccnc1NCCc1ccc(S(N)(=O)=O)cc1. The maximum atomic E-state index is 11.6. The van der Waals surface area contributed by atoms with E-state index < -0.39 is 16.0 Å². The number of nitrogens with one attached hydrogen (secondary N) is 1. The summed E-state index contributed by atoms with van der Waals surface area (Å²) >= 11 is 0. The monoisotopic (exact) mass is 335 g/mol. The second-order valence-electron chi connectivity index (χ2n) is 4.76. The zero-order valence-electron chi connectivity index (χ0n) is 12.5. The molecule has 2 rings (SSSR count). The minimum Gasteiger partial charge on any atom is -0.465 e. The number of hydrogen-bond donors (Lipinski definition) is 2. The van der Waals surface area contributed by atoms with Gasteiger partial charge in [-0.2, -0.15) is 0 Å². The average Bonchev–Trinajstić information content (AvgIpc) is 2.54. The zero-order chi connectivity index (χ0) is 16.9. The van der Waals surface area contributed by atoms with E-state index >= 15 is 0 Å². The lowest BCUT2D eigenvalue weighted by Gasteiger charge is -2.09. The number of hydrogen-bond acceptors (Lipinski definition) is 6. The van der Waals surface area contributed by atoms with Gasteiger partial charge in [-0.1, -0.05) is 12.1 Å². The van der Waals surface area contributed by atoms with Gasteiger partial charge in [0.1, 0.15) is 11.4 Å². The van der Waals surface area contributed by atoms with E-state index in [2.05, 4.69) is 10.3 Å². The summed E-state index contributed by atoms with van der Waals surface area (Å²) in [6.45, 7) is 0.524. The fourth-order valence-electron chi connectivity index (χ4n) is 1.99. The number of nitrogens with two attached hydrogens (primary N) is 1. The molecule has 7 nitrogen and oxygen atoms in total. The van der Waals surface area contributed by atoms with Crippen LogP contribution >= 0.6 is 0 Å². The van der Waals surface area contributed by atoms with E-state index in [1.54, 1.807) is 30.5 Å². The summed E-state index contributed by atoms with van der Waals surface area (Å²) in [6, 6.07) is 9.60. The smallest absolute Gasteiger partial charge is 0.341 e. The molecule has 3 N–H and O–H groups in total. The number of aromatic nitrogens is 1. The van der Waals surface area contributed by atoms with Crippen molar-refractivity contribution < 1.29 is 17.9 Å². The van der Waals surface area contributed by atoms with E-state index in [9.17, 15) is 13.2 Å². The molecule has 0 radical (unpaired) electrons. The molecule has 0 amide bonds. The van der Waals surface area contributed by atoms with Crippen LogP contribution in [0.3, 0.4) is 0 Å². The van der Waals surface area contributed by atoms with Crippen LogP contribution < -0.4 is 10.5 Å². The standard InChI is InChI=1S/C15H17N3O4S/c1-22-15(19)13-3-2-9-17-14(13)18-10-8-11-4-6-12(7-5-11)23(16,20)21/h2-7,9H,8,10H2,1H3,(H,17,18)(H2,16,20,21). The van der Waals surface area contributed by atoms with Crippen LogP contribution in [0.15, 0.2) is 47.5 Å². The molecule has 0 unspecified atom stereocenters. The molecule has 0 saturated carbocycles. The molecule has 2 aromatic rings. The van der Waals surface area contributed by atoms with Crippen molar-refractivity contribution in [1.82, 2.24) is 4.98 Å². The third kappa shape index (κ3) is 4.51. The first-order valence-corrected chi connectivity index (χ1v) is 8.35. The summed E-state index contributed by atoms with van der Waals surface area (Å²) in [5.41, 5.74) is 1.29. The number of primary sulfonamides is 1. The van der Waals surface area contributed by atoms with Crippen molar-refractivity contribution in [1.29, 1.82) is 0 Å². The third-order valence-electron chi connectivity index (χ3n) is 3.17. The molecule has 1 heterocycles. The number of anilines is 1. The molecule has 23 heavy (non-hydrogen) atoms. The van der Waals surface area contributed by atoms with Crippen molar-refractivity contribution in [3.8, 4) is 0 Å². The number of methoxy groups -OCH3 is 1. The highest BCUT2D eigenvalue weighted by Crippen LogP contribution is 2.13. The second kappa shape index (κ2) is 7.21. The van der Waals surface area contributed by atoms with E-state index in [4.69, 9.17) is 9.88 Å². The number of nitrogens with zero attached hydrogens (tertiary/aromatic N) is 1. The zero-order valence-corrected chi connectivity index (χ0v) is 13.3. The molecule has 0 aliphatic carbocycles. The summed E-state index contributed by atoms with van der Waals surface area (Å²) in [5.74, 6) is -0.0152.